The van der Waals surface area contributed by atoms with Crippen LogP contribution in [0.5, 0.6) is 0 Å². The van der Waals surface area contributed by atoms with Gasteiger partial charge in [0.25, 0.3) is 0 Å². The number of likely N-dealkylation sites (N-methyl/N-ethyl adjacent to an activating group) is 2. The maximum absolute atomic E-state index is 11.6. The Morgan fingerprint density at radius 3 is 2.56 bits per heavy atom. The van der Waals surface area contributed by atoms with Crippen LogP contribution in [0.15, 0.2) is 0 Å². The van der Waals surface area contributed by atoms with Gasteiger partial charge in [0.1, 0.15) is 12.3 Å². The summed E-state index contributed by atoms with van der Waals surface area (Å²) in [5.41, 5.74) is 0. The zero-order chi connectivity index (χ0) is 12.0. The standard InChI is InChI=1S/C8H12N4O4/c1-10-5-6(11(2)8(10)16)12(3-4(13)14)7(15)9-5/h5-6H,3H2,1-2H3,(H,9,15)(H,13,14)/p-1/t5-,6+/m0/s1. The minimum atomic E-state index is -1.36. The molecular formula is C8H11N4O4-. The first-order chi connectivity index (χ1) is 7.43. The molecule has 2 saturated heterocycles. The molecule has 0 radical (unpaired) electrons. The lowest BCUT2D eigenvalue weighted by molar-refractivity contribution is -0.306. The highest BCUT2D eigenvalue weighted by Gasteiger charge is 2.52. The van der Waals surface area contributed by atoms with Gasteiger partial charge >= 0.3 is 12.1 Å². The number of amides is 4. The monoisotopic (exact) mass is 227 g/mol. The van der Waals surface area contributed by atoms with E-state index in [-0.39, 0.29) is 6.03 Å². The van der Waals surface area contributed by atoms with Crippen LogP contribution >= 0.6 is 0 Å². The summed E-state index contributed by atoms with van der Waals surface area (Å²) in [6, 6.07) is -0.774. The van der Waals surface area contributed by atoms with Crippen molar-refractivity contribution in [1.82, 2.24) is 20.0 Å². The van der Waals surface area contributed by atoms with Crippen molar-refractivity contribution in [2.45, 2.75) is 12.3 Å². The van der Waals surface area contributed by atoms with E-state index in [1.165, 1.54) is 16.8 Å². The smallest absolute Gasteiger partial charge is 0.323 e. The number of rotatable bonds is 2. The van der Waals surface area contributed by atoms with E-state index < -0.39 is 30.9 Å². The molecule has 0 aromatic heterocycles. The SMILES string of the molecule is CN1C(=O)N(C)[C@H]2[C@H]1NC(=O)N2CC(=O)[O-]. The molecule has 0 saturated carbocycles. The van der Waals surface area contributed by atoms with Crippen molar-refractivity contribution in [3.05, 3.63) is 0 Å². The summed E-state index contributed by atoms with van der Waals surface area (Å²) in [5, 5.41) is 13.1. The predicted octanol–water partition coefficient (Wildman–Crippen LogP) is -2.59. The van der Waals surface area contributed by atoms with E-state index in [1.54, 1.807) is 7.05 Å². The van der Waals surface area contributed by atoms with Crippen LogP contribution in [0.1, 0.15) is 0 Å². The fraction of sp³-hybridized carbons (Fsp3) is 0.625. The Morgan fingerprint density at radius 1 is 1.38 bits per heavy atom. The highest BCUT2D eigenvalue weighted by atomic mass is 16.4. The van der Waals surface area contributed by atoms with Gasteiger partial charge < -0.3 is 25.0 Å². The van der Waals surface area contributed by atoms with E-state index >= 15 is 0 Å². The van der Waals surface area contributed by atoms with E-state index in [4.69, 9.17) is 0 Å². The Kier molecular flexibility index (Phi) is 2.14. The fourth-order valence-corrected chi connectivity index (χ4v) is 2.08. The first-order valence-electron chi connectivity index (χ1n) is 4.70. The van der Waals surface area contributed by atoms with Crippen molar-refractivity contribution in [3.63, 3.8) is 0 Å². The van der Waals surface area contributed by atoms with E-state index in [1.807, 2.05) is 0 Å². The number of aliphatic carboxylic acids is 1. The number of hydrogen-bond acceptors (Lipinski definition) is 4. The van der Waals surface area contributed by atoms with Gasteiger partial charge in [-0.05, 0) is 0 Å². The molecule has 0 aromatic rings. The highest BCUT2D eigenvalue weighted by molar-refractivity contribution is 5.86. The average Bonchev–Trinajstić information content (AvgIpc) is 2.61. The molecule has 2 atom stereocenters. The molecule has 2 aliphatic heterocycles. The molecule has 8 heteroatoms. The predicted molar refractivity (Wildman–Crippen MR) is 48.7 cm³/mol. The van der Waals surface area contributed by atoms with Gasteiger partial charge in [0.15, 0.2) is 0 Å². The number of carboxylic acids is 1. The summed E-state index contributed by atoms with van der Waals surface area (Å²) < 4.78 is 0. The molecule has 2 aliphatic rings. The highest BCUT2D eigenvalue weighted by Crippen LogP contribution is 2.25. The number of nitrogens with one attached hydrogen (secondary N) is 1. The molecule has 0 spiro atoms. The number of fused-ring (bicyclic) bond motifs is 1. The second-order valence-electron chi connectivity index (χ2n) is 3.81. The van der Waals surface area contributed by atoms with Crippen molar-refractivity contribution >= 4 is 18.0 Å². The minimum absolute atomic E-state index is 0.265. The molecule has 88 valence electrons. The summed E-state index contributed by atoms with van der Waals surface area (Å²) in [4.78, 5) is 37.3. The number of hydrogen-bond donors (Lipinski definition) is 1. The Balaban J connectivity index is 2.25. The van der Waals surface area contributed by atoms with Crippen molar-refractivity contribution in [2.24, 2.45) is 0 Å². The molecule has 0 aromatic carbocycles. The molecule has 1 N–H and O–H groups in total. The number of carbonyl (C=O) groups is 3. The topological polar surface area (TPSA) is 96.0 Å². The zero-order valence-corrected chi connectivity index (χ0v) is 8.84. The van der Waals surface area contributed by atoms with Gasteiger partial charge in [-0.15, -0.1) is 0 Å². The van der Waals surface area contributed by atoms with Gasteiger partial charge in [0, 0.05) is 14.1 Å². The van der Waals surface area contributed by atoms with Crippen molar-refractivity contribution in [1.29, 1.82) is 0 Å². The van der Waals surface area contributed by atoms with Crippen molar-refractivity contribution < 1.29 is 19.5 Å². The first kappa shape index (κ1) is 10.5. The molecule has 0 bridgehead atoms. The molecule has 16 heavy (non-hydrogen) atoms. The molecule has 0 aliphatic carbocycles. The zero-order valence-electron chi connectivity index (χ0n) is 8.84. The van der Waals surface area contributed by atoms with Gasteiger partial charge in [0.2, 0.25) is 0 Å². The van der Waals surface area contributed by atoms with Gasteiger partial charge in [0.05, 0.1) is 12.5 Å². The van der Waals surface area contributed by atoms with Crippen molar-refractivity contribution in [2.75, 3.05) is 20.6 Å². The third-order valence-electron chi connectivity index (χ3n) is 2.85. The summed E-state index contributed by atoms with van der Waals surface area (Å²) in [5.74, 6) is -1.36. The number of carboxylic acid groups (broad SMARTS) is 1. The van der Waals surface area contributed by atoms with Crippen LogP contribution in [-0.4, -0.2) is 65.7 Å². The number of carbonyl (C=O) groups excluding carboxylic acids is 3. The Hall–Kier alpha value is -1.99. The van der Waals surface area contributed by atoms with Gasteiger partial charge in [-0.25, -0.2) is 9.59 Å². The second kappa shape index (κ2) is 3.26. The molecule has 8 nitrogen and oxygen atoms in total. The Morgan fingerprint density at radius 2 is 2.00 bits per heavy atom. The maximum Gasteiger partial charge on any atom is 0.323 e. The average molecular weight is 227 g/mol. The summed E-state index contributed by atoms with van der Waals surface area (Å²) >= 11 is 0. The third-order valence-corrected chi connectivity index (χ3v) is 2.85. The van der Waals surface area contributed by atoms with Crippen LogP contribution in [0.3, 0.4) is 0 Å². The fourth-order valence-electron chi connectivity index (χ4n) is 2.08. The van der Waals surface area contributed by atoms with Crippen LogP contribution in [0.2, 0.25) is 0 Å². The van der Waals surface area contributed by atoms with Crippen LogP contribution in [0.25, 0.3) is 0 Å². The Bertz CT molecular complexity index is 371. The van der Waals surface area contributed by atoms with E-state index in [2.05, 4.69) is 5.32 Å². The van der Waals surface area contributed by atoms with E-state index in [9.17, 15) is 19.5 Å². The lowest BCUT2D eigenvalue weighted by Crippen LogP contribution is -2.49. The molecule has 2 fully saturated rings. The molecular weight excluding hydrogens is 216 g/mol. The first-order valence-corrected chi connectivity index (χ1v) is 4.70. The molecule has 4 amide bonds. The molecule has 2 heterocycles. The molecule has 0 unspecified atom stereocenters. The van der Waals surface area contributed by atoms with Crippen LogP contribution in [0, 0.1) is 0 Å². The summed E-state index contributed by atoms with van der Waals surface area (Å²) in [6.07, 6.45) is -1.10. The van der Waals surface area contributed by atoms with Crippen LogP contribution < -0.4 is 10.4 Å². The summed E-state index contributed by atoms with van der Waals surface area (Å²) in [7, 11) is 3.07. The minimum Gasteiger partial charge on any atom is -0.548 e. The number of urea groups is 2. The lowest BCUT2D eigenvalue weighted by Gasteiger charge is -2.26. The maximum atomic E-state index is 11.6. The largest absolute Gasteiger partial charge is 0.548 e. The quantitative estimate of drug-likeness (QED) is 0.560. The van der Waals surface area contributed by atoms with E-state index in [0.29, 0.717) is 0 Å². The van der Waals surface area contributed by atoms with Crippen molar-refractivity contribution in [3.8, 4) is 0 Å². The lowest BCUT2D eigenvalue weighted by atomic mass is 10.3. The number of nitrogens with zero attached hydrogens (tertiary/aromatic N) is 3. The molecule has 2 rings (SSSR count). The van der Waals surface area contributed by atoms with E-state index in [0.717, 1.165) is 4.90 Å². The van der Waals surface area contributed by atoms with Gasteiger partial charge in [-0.1, -0.05) is 0 Å². The van der Waals surface area contributed by atoms with Crippen LogP contribution in [0.4, 0.5) is 9.59 Å². The third kappa shape index (κ3) is 1.26. The second-order valence-corrected chi connectivity index (χ2v) is 3.81. The summed E-state index contributed by atoms with van der Waals surface area (Å²) in [6.45, 7) is -0.529. The van der Waals surface area contributed by atoms with Crippen LogP contribution in [-0.2, 0) is 4.79 Å². The van der Waals surface area contributed by atoms with Gasteiger partial charge in [-0.2, -0.15) is 0 Å². The Labute approximate surface area is 91.4 Å². The normalized spacial score (nSPS) is 28.5. The van der Waals surface area contributed by atoms with Gasteiger partial charge in [-0.3, -0.25) is 4.90 Å².